The molecule has 0 radical (unpaired) electrons. The molecule has 2 amide bonds. The molecular weight excluding hydrogens is 482 g/mol. The number of rotatable bonds is 7. The number of amides is 2. The lowest BCUT2D eigenvalue weighted by Gasteiger charge is -2.12. The fourth-order valence-corrected chi connectivity index (χ4v) is 4.84. The van der Waals surface area contributed by atoms with Crippen LogP contribution < -0.4 is 15.4 Å². The van der Waals surface area contributed by atoms with Crippen molar-refractivity contribution in [2.75, 3.05) is 16.9 Å². The lowest BCUT2D eigenvalue weighted by molar-refractivity contribution is 0.0923. The number of pyridine rings is 1. The summed E-state index contributed by atoms with van der Waals surface area (Å²) in [7, 11) is -3.36. The number of nitrogens with zero attached hydrogens (tertiary/aromatic N) is 2. The topological polar surface area (TPSA) is 130 Å². The molecule has 156 valence electrons. The van der Waals surface area contributed by atoms with E-state index in [0.717, 1.165) is 43.3 Å². The number of urea groups is 1. The number of carbonyl (C=O) groups is 2. The van der Waals surface area contributed by atoms with Gasteiger partial charge in [0.05, 0.1) is 27.8 Å². The zero-order chi connectivity index (χ0) is 21.0. The summed E-state index contributed by atoms with van der Waals surface area (Å²) >= 11 is 4.45. The first kappa shape index (κ1) is 21.8. The third kappa shape index (κ3) is 6.04. The molecule has 1 aliphatic carbocycles. The van der Waals surface area contributed by atoms with E-state index < -0.39 is 16.1 Å². The van der Waals surface area contributed by atoms with E-state index in [1.807, 2.05) is 0 Å². The van der Waals surface area contributed by atoms with E-state index in [4.69, 9.17) is 0 Å². The first-order valence-electron chi connectivity index (χ1n) is 8.90. The molecule has 0 bridgehead atoms. The number of hydrogen-bond acceptors (Lipinski definition) is 7. The van der Waals surface area contributed by atoms with E-state index in [-0.39, 0.29) is 29.2 Å². The largest absolute Gasteiger partial charge is 0.326 e. The van der Waals surface area contributed by atoms with Crippen molar-refractivity contribution < 1.29 is 18.0 Å². The maximum absolute atomic E-state index is 12.7. The van der Waals surface area contributed by atoms with Crippen LogP contribution >= 0.6 is 27.3 Å². The molecule has 2 aromatic heterocycles. The van der Waals surface area contributed by atoms with Crippen LogP contribution in [0, 0.1) is 5.92 Å². The molecule has 1 fully saturated rings. The number of anilines is 2. The van der Waals surface area contributed by atoms with Crippen molar-refractivity contribution in [2.45, 2.75) is 32.2 Å². The van der Waals surface area contributed by atoms with Gasteiger partial charge < -0.3 is 0 Å². The molecule has 0 atom stereocenters. The SMILES string of the molecule is CS(=O)(=O)NCc1nc(NC(=O)Nc2ncccc2C(=O)C2CCCC2)sc1Br. The number of carbonyl (C=O) groups excluding carboxylic acids is 2. The van der Waals surface area contributed by atoms with Gasteiger partial charge in [0.15, 0.2) is 10.9 Å². The molecule has 1 aliphatic rings. The summed E-state index contributed by atoms with van der Waals surface area (Å²) in [4.78, 5) is 33.4. The Morgan fingerprint density at radius 1 is 1.28 bits per heavy atom. The van der Waals surface area contributed by atoms with Crippen LogP contribution in [0.1, 0.15) is 41.7 Å². The van der Waals surface area contributed by atoms with Crippen LogP contribution in [0.2, 0.25) is 0 Å². The van der Waals surface area contributed by atoms with Gasteiger partial charge in [-0.15, -0.1) is 0 Å². The zero-order valence-corrected chi connectivity index (χ0v) is 18.8. The monoisotopic (exact) mass is 501 g/mol. The molecule has 0 unspecified atom stereocenters. The van der Waals surface area contributed by atoms with Crippen LogP contribution in [-0.4, -0.2) is 36.5 Å². The van der Waals surface area contributed by atoms with E-state index in [0.29, 0.717) is 15.0 Å². The van der Waals surface area contributed by atoms with E-state index in [9.17, 15) is 18.0 Å². The van der Waals surface area contributed by atoms with Gasteiger partial charge in [0.1, 0.15) is 5.82 Å². The lowest BCUT2D eigenvalue weighted by atomic mass is 9.97. The molecule has 3 rings (SSSR count). The lowest BCUT2D eigenvalue weighted by Crippen LogP contribution is -2.23. The van der Waals surface area contributed by atoms with Gasteiger partial charge in [-0.25, -0.2) is 27.9 Å². The Morgan fingerprint density at radius 3 is 2.69 bits per heavy atom. The molecule has 29 heavy (non-hydrogen) atoms. The summed E-state index contributed by atoms with van der Waals surface area (Å²) in [6.45, 7) is -0.000501. The Kier molecular flexibility index (Phi) is 6.98. The molecule has 1 saturated carbocycles. The highest BCUT2D eigenvalue weighted by atomic mass is 79.9. The van der Waals surface area contributed by atoms with Gasteiger partial charge in [0, 0.05) is 12.1 Å². The predicted octanol–water partition coefficient (Wildman–Crippen LogP) is 3.37. The van der Waals surface area contributed by atoms with Crippen LogP contribution in [-0.2, 0) is 16.6 Å². The van der Waals surface area contributed by atoms with Crippen molar-refractivity contribution in [2.24, 2.45) is 5.92 Å². The number of sulfonamides is 1. The van der Waals surface area contributed by atoms with Crippen LogP contribution in [0.15, 0.2) is 22.1 Å². The average molecular weight is 502 g/mol. The van der Waals surface area contributed by atoms with E-state index in [2.05, 4.69) is 41.3 Å². The minimum atomic E-state index is -3.36. The van der Waals surface area contributed by atoms with Gasteiger partial charge in [-0.1, -0.05) is 24.2 Å². The number of ketones is 1. The van der Waals surface area contributed by atoms with Crippen molar-refractivity contribution >= 4 is 60.1 Å². The second-order valence-corrected chi connectivity index (χ2v) is 10.8. The van der Waals surface area contributed by atoms with Gasteiger partial charge in [0.2, 0.25) is 10.0 Å². The molecular formula is C17H20BrN5O4S2. The maximum Gasteiger partial charge on any atom is 0.326 e. The number of nitrogens with one attached hydrogen (secondary N) is 3. The molecule has 0 spiro atoms. The fourth-order valence-electron chi connectivity index (χ4n) is 3.04. The summed E-state index contributed by atoms with van der Waals surface area (Å²) in [5, 5.41) is 5.47. The number of halogens is 1. The average Bonchev–Trinajstić information content (AvgIpc) is 3.29. The van der Waals surface area contributed by atoms with E-state index in [1.165, 1.54) is 6.20 Å². The second-order valence-electron chi connectivity index (χ2n) is 6.66. The summed E-state index contributed by atoms with van der Waals surface area (Å²) < 4.78 is 25.4. The van der Waals surface area contributed by atoms with Crippen LogP contribution in [0.25, 0.3) is 0 Å². The van der Waals surface area contributed by atoms with Crippen molar-refractivity contribution in [3.63, 3.8) is 0 Å². The third-order valence-electron chi connectivity index (χ3n) is 4.40. The first-order valence-corrected chi connectivity index (χ1v) is 12.4. The maximum atomic E-state index is 12.7. The Bertz CT molecular complexity index is 1020. The van der Waals surface area contributed by atoms with Crippen LogP contribution in [0.4, 0.5) is 15.7 Å². The molecule has 9 nitrogen and oxygen atoms in total. The minimum Gasteiger partial charge on any atom is -0.294 e. The van der Waals surface area contributed by atoms with Crippen molar-refractivity contribution in [1.29, 1.82) is 0 Å². The zero-order valence-electron chi connectivity index (χ0n) is 15.6. The van der Waals surface area contributed by atoms with E-state index >= 15 is 0 Å². The van der Waals surface area contributed by atoms with Crippen molar-refractivity contribution in [3.05, 3.63) is 33.4 Å². The minimum absolute atomic E-state index is 0.000501. The molecule has 2 heterocycles. The molecule has 12 heteroatoms. The van der Waals surface area contributed by atoms with Crippen molar-refractivity contribution in [1.82, 2.24) is 14.7 Å². The standard InChI is InChI=1S/C17H20BrN5O4S2/c1-29(26,27)20-9-12-14(18)28-17(21-12)23-16(25)22-15-11(7-4-8-19-15)13(24)10-5-2-3-6-10/h4,7-8,10,20H,2-3,5-6,9H2,1H3,(H2,19,21,22,23,25). The molecule has 0 saturated heterocycles. The Labute approximate surface area is 180 Å². The van der Waals surface area contributed by atoms with Gasteiger partial charge in [-0.05, 0) is 40.9 Å². The molecule has 3 N–H and O–H groups in total. The molecule has 0 aromatic carbocycles. The molecule has 0 aliphatic heterocycles. The van der Waals surface area contributed by atoms with E-state index in [1.54, 1.807) is 12.1 Å². The van der Waals surface area contributed by atoms with Gasteiger partial charge >= 0.3 is 6.03 Å². The Hall–Kier alpha value is -1.89. The fraction of sp³-hybridized carbons (Fsp3) is 0.412. The molecule has 2 aromatic rings. The third-order valence-corrected chi connectivity index (χ3v) is 6.82. The highest BCUT2D eigenvalue weighted by molar-refractivity contribution is 9.11. The van der Waals surface area contributed by atoms with Crippen LogP contribution in [0.5, 0.6) is 0 Å². The Morgan fingerprint density at radius 2 is 2.00 bits per heavy atom. The highest BCUT2D eigenvalue weighted by Crippen LogP contribution is 2.30. The summed E-state index contributed by atoms with van der Waals surface area (Å²) in [6.07, 6.45) is 6.35. The predicted molar refractivity (Wildman–Crippen MR) is 115 cm³/mol. The van der Waals surface area contributed by atoms with Gasteiger partial charge in [0.25, 0.3) is 0 Å². The van der Waals surface area contributed by atoms with Crippen LogP contribution in [0.3, 0.4) is 0 Å². The summed E-state index contributed by atoms with van der Waals surface area (Å²) in [5.74, 6) is 0.177. The summed E-state index contributed by atoms with van der Waals surface area (Å²) in [6, 6.07) is 2.75. The Balaban J connectivity index is 1.66. The number of thiazole rings is 1. The normalized spacial score (nSPS) is 14.7. The number of aromatic nitrogens is 2. The smallest absolute Gasteiger partial charge is 0.294 e. The number of hydrogen-bond donors (Lipinski definition) is 3. The van der Waals surface area contributed by atoms with Gasteiger partial charge in [-0.3, -0.25) is 15.4 Å². The quantitative estimate of drug-likeness (QED) is 0.498. The highest BCUT2D eigenvalue weighted by Gasteiger charge is 2.26. The first-order chi connectivity index (χ1) is 13.7. The number of Topliss-reactive ketones (excluding diaryl/α,β-unsaturated/α-hetero) is 1. The second kappa shape index (κ2) is 9.28. The summed E-state index contributed by atoms with van der Waals surface area (Å²) in [5.41, 5.74) is 0.846. The van der Waals surface area contributed by atoms with Gasteiger partial charge in [-0.2, -0.15) is 0 Å². The van der Waals surface area contributed by atoms with Crippen molar-refractivity contribution in [3.8, 4) is 0 Å².